The molecule has 0 amide bonds. The van der Waals surface area contributed by atoms with Crippen molar-refractivity contribution in [2.24, 2.45) is 0 Å². The summed E-state index contributed by atoms with van der Waals surface area (Å²) in [7, 11) is 0. The molecular weight excluding hydrogens is 394 g/mol. The molecule has 0 unspecified atom stereocenters. The van der Waals surface area contributed by atoms with Gasteiger partial charge >= 0.3 is 0 Å². The SMILES string of the molecule is Nc1nc([C@H]2CCO[C@@H](c3ccc(=O)[nH]c3)C2)nc(-c2ccc(F)cc2F)c1C=O. The number of carbonyl (C=O) groups is 1. The first-order chi connectivity index (χ1) is 14.5. The van der Waals surface area contributed by atoms with Gasteiger partial charge in [0.15, 0.2) is 6.29 Å². The Morgan fingerprint density at radius 2 is 2.03 bits per heavy atom. The third-order valence-electron chi connectivity index (χ3n) is 5.13. The first-order valence-corrected chi connectivity index (χ1v) is 9.34. The highest BCUT2D eigenvalue weighted by Crippen LogP contribution is 2.37. The fourth-order valence-electron chi connectivity index (χ4n) is 3.58. The Balaban J connectivity index is 1.72. The van der Waals surface area contributed by atoms with E-state index in [0.717, 1.165) is 17.7 Å². The van der Waals surface area contributed by atoms with Crippen LogP contribution in [-0.2, 0) is 4.74 Å². The molecule has 1 saturated heterocycles. The summed E-state index contributed by atoms with van der Waals surface area (Å²) in [4.78, 5) is 34.2. The molecule has 3 N–H and O–H groups in total. The number of carbonyl (C=O) groups excluding carboxylic acids is 1. The Morgan fingerprint density at radius 1 is 1.20 bits per heavy atom. The van der Waals surface area contributed by atoms with Crippen molar-refractivity contribution in [1.29, 1.82) is 0 Å². The van der Waals surface area contributed by atoms with Crippen molar-refractivity contribution in [1.82, 2.24) is 15.0 Å². The number of halogens is 2. The summed E-state index contributed by atoms with van der Waals surface area (Å²) in [5, 5.41) is 0. The van der Waals surface area contributed by atoms with E-state index in [9.17, 15) is 18.4 Å². The molecule has 3 heterocycles. The minimum atomic E-state index is -0.847. The molecule has 30 heavy (non-hydrogen) atoms. The second kappa shape index (κ2) is 8.11. The third kappa shape index (κ3) is 3.84. The van der Waals surface area contributed by atoms with Gasteiger partial charge in [0.2, 0.25) is 5.56 Å². The zero-order chi connectivity index (χ0) is 21.3. The van der Waals surface area contributed by atoms with Crippen molar-refractivity contribution in [2.45, 2.75) is 24.9 Å². The molecule has 3 aromatic rings. The lowest BCUT2D eigenvalue weighted by Crippen LogP contribution is -2.22. The van der Waals surface area contributed by atoms with Crippen LogP contribution in [-0.4, -0.2) is 27.8 Å². The van der Waals surface area contributed by atoms with Crippen LogP contribution in [0.2, 0.25) is 0 Å². The first-order valence-electron chi connectivity index (χ1n) is 9.34. The van der Waals surface area contributed by atoms with Gasteiger partial charge in [-0.1, -0.05) is 0 Å². The molecule has 0 aliphatic carbocycles. The second-order valence-electron chi connectivity index (χ2n) is 7.04. The van der Waals surface area contributed by atoms with Crippen LogP contribution in [0.3, 0.4) is 0 Å². The molecule has 4 rings (SSSR count). The molecule has 2 aromatic heterocycles. The normalized spacial score (nSPS) is 18.9. The molecule has 7 nitrogen and oxygen atoms in total. The van der Waals surface area contributed by atoms with Crippen molar-refractivity contribution >= 4 is 12.1 Å². The standard InChI is InChI=1S/C21H18F2N4O3/c22-13-2-3-14(16(23)8-13)19-15(10-28)20(24)27-21(26-19)11-5-6-30-17(7-11)12-1-4-18(29)25-9-12/h1-4,8-11,17H,5-7H2,(H,25,29)(H2,24,26,27)/t11-,17+/m0/s1. The average Bonchev–Trinajstić information content (AvgIpc) is 2.74. The number of ether oxygens (including phenoxy) is 1. The summed E-state index contributed by atoms with van der Waals surface area (Å²) in [6.07, 6.45) is 2.88. The number of benzene rings is 1. The van der Waals surface area contributed by atoms with Gasteiger partial charge in [0.1, 0.15) is 23.3 Å². The number of hydrogen-bond donors (Lipinski definition) is 2. The van der Waals surface area contributed by atoms with Gasteiger partial charge in [-0.3, -0.25) is 9.59 Å². The summed E-state index contributed by atoms with van der Waals surface area (Å²) in [6, 6.07) is 6.14. The van der Waals surface area contributed by atoms with E-state index in [1.807, 2.05) is 0 Å². The maximum atomic E-state index is 14.4. The van der Waals surface area contributed by atoms with E-state index in [2.05, 4.69) is 15.0 Å². The van der Waals surface area contributed by atoms with E-state index in [-0.39, 0.29) is 40.2 Å². The third-order valence-corrected chi connectivity index (χ3v) is 5.13. The Labute approximate surface area is 169 Å². The van der Waals surface area contributed by atoms with Gasteiger partial charge in [0.25, 0.3) is 0 Å². The number of H-pyrrole nitrogens is 1. The number of nitrogens with zero attached hydrogens (tertiary/aromatic N) is 2. The molecule has 1 aliphatic rings. The van der Waals surface area contributed by atoms with Crippen LogP contribution >= 0.6 is 0 Å². The molecule has 0 saturated carbocycles. The zero-order valence-corrected chi connectivity index (χ0v) is 15.8. The molecule has 9 heteroatoms. The maximum Gasteiger partial charge on any atom is 0.247 e. The van der Waals surface area contributed by atoms with E-state index in [4.69, 9.17) is 10.5 Å². The van der Waals surface area contributed by atoms with E-state index >= 15 is 0 Å². The quantitative estimate of drug-likeness (QED) is 0.637. The van der Waals surface area contributed by atoms with Crippen molar-refractivity contribution in [3.63, 3.8) is 0 Å². The molecule has 154 valence electrons. The van der Waals surface area contributed by atoms with Gasteiger partial charge in [0, 0.05) is 36.4 Å². The maximum absolute atomic E-state index is 14.4. The number of rotatable bonds is 4. The highest BCUT2D eigenvalue weighted by Gasteiger charge is 2.29. The lowest BCUT2D eigenvalue weighted by molar-refractivity contribution is 0.00378. The van der Waals surface area contributed by atoms with E-state index in [1.165, 1.54) is 12.1 Å². The number of aldehydes is 1. The molecule has 1 aromatic carbocycles. The topological polar surface area (TPSA) is 111 Å². The Morgan fingerprint density at radius 3 is 2.73 bits per heavy atom. The predicted molar refractivity (Wildman–Crippen MR) is 105 cm³/mol. The van der Waals surface area contributed by atoms with Crippen LogP contribution in [0.25, 0.3) is 11.3 Å². The van der Waals surface area contributed by atoms with Crippen molar-refractivity contribution in [2.75, 3.05) is 12.3 Å². The van der Waals surface area contributed by atoms with Crippen molar-refractivity contribution in [3.8, 4) is 11.3 Å². The highest BCUT2D eigenvalue weighted by molar-refractivity contribution is 5.91. The smallest absolute Gasteiger partial charge is 0.247 e. The number of nitrogens with one attached hydrogen (secondary N) is 1. The minimum Gasteiger partial charge on any atom is -0.383 e. The van der Waals surface area contributed by atoms with Crippen LogP contribution in [0.4, 0.5) is 14.6 Å². The zero-order valence-electron chi connectivity index (χ0n) is 15.8. The number of pyridine rings is 1. The van der Waals surface area contributed by atoms with Crippen molar-refractivity contribution < 1.29 is 18.3 Å². The summed E-state index contributed by atoms with van der Waals surface area (Å²) in [6.45, 7) is 0.424. The number of aromatic amines is 1. The van der Waals surface area contributed by atoms with E-state index in [1.54, 1.807) is 12.3 Å². The van der Waals surface area contributed by atoms with Gasteiger partial charge < -0.3 is 15.5 Å². The number of nitrogens with two attached hydrogens (primary N) is 1. The van der Waals surface area contributed by atoms with Crippen LogP contribution in [0.1, 0.15) is 46.6 Å². The fraction of sp³-hybridized carbons (Fsp3) is 0.238. The summed E-state index contributed by atoms with van der Waals surface area (Å²) >= 11 is 0. The lowest BCUT2D eigenvalue weighted by Gasteiger charge is -2.29. The lowest BCUT2D eigenvalue weighted by atomic mass is 9.91. The number of aromatic nitrogens is 3. The molecule has 0 radical (unpaired) electrons. The van der Waals surface area contributed by atoms with E-state index in [0.29, 0.717) is 31.6 Å². The average molecular weight is 412 g/mol. The Hall–Kier alpha value is -3.46. The first kappa shape index (κ1) is 19.8. The van der Waals surface area contributed by atoms with Gasteiger partial charge in [-0.15, -0.1) is 0 Å². The van der Waals surface area contributed by atoms with Gasteiger partial charge in [-0.05, 0) is 36.6 Å². The molecule has 1 aliphatic heterocycles. The highest BCUT2D eigenvalue weighted by atomic mass is 19.1. The molecule has 0 bridgehead atoms. The van der Waals surface area contributed by atoms with Crippen LogP contribution in [0, 0.1) is 11.6 Å². The molecule has 2 atom stereocenters. The number of anilines is 1. The second-order valence-corrected chi connectivity index (χ2v) is 7.04. The van der Waals surface area contributed by atoms with Gasteiger partial charge in [0.05, 0.1) is 17.4 Å². The molecule has 1 fully saturated rings. The fourth-order valence-corrected chi connectivity index (χ4v) is 3.58. The largest absolute Gasteiger partial charge is 0.383 e. The van der Waals surface area contributed by atoms with Crippen LogP contribution in [0.5, 0.6) is 0 Å². The summed E-state index contributed by atoms with van der Waals surface area (Å²) in [5.74, 6) is -1.46. The van der Waals surface area contributed by atoms with Crippen LogP contribution < -0.4 is 11.3 Å². The Kier molecular flexibility index (Phi) is 5.37. The predicted octanol–water partition coefficient (Wildman–Crippen LogP) is 3.14. The Bertz CT molecular complexity index is 1140. The van der Waals surface area contributed by atoms with Gasteiger partial charge in [-0.2, -0.15) is 0 Å². The molecule has 0 spiro atoms. The van der Waals surface area contributed by atoms with E-state index < -0.39 is 11.6 Å². The van der Waals surface area contributed by atoms with Crippen molar-refractivity contribution in [3.05, 3.63) is 75.5 Å². The monoisotopic (exact) mass is 412 g/mol. The number of nitrogen functional groups attached to an aromatic ring is 1. The van der Waals surface area contributed by atoms with Gasteiger partial charge in [-0.25, -0.2) is 18.7 Å². The summed E-state index contributed by atoms with van der Waals surface area (Å²) < 4.78 is 33.5. The molecular formula is C21H18F2N4O3. The van der Waals surface area contributed by atoms with Crippen LogP contribution in [0.15, 0.2) is 41.3 Å². The minimum absolute atomic E-state index is 0.0251. The summed E-state index contributed by atoms with van der Waals surface area (Å²) in [5.41, 5.74) is 6.51. The number of hydrogen-bond acceptors (Lipinski definition) is 6.